The molecule has 0 amide bonds. The third-order valence-electron chi connectivity index (χ3n) is 2.65. The average Bonchev–Trinajstić information content (AvgIpc) is 2.40. The quantitative estimate of drug-likeness (QED) is 0.752. The van der Waals surface area contributed by atoms with Gasteiger partial charge in [-0.15, -0.1) is 0 Å². The standard InChI is InChI=1S/C14H14N2O/c1-2-11-5-7-12(8-6-11)14(17)10-13-4-3-9-15-16-13/h3-9H,2,10H2,1H3. The van der Waals surface area contributed by atoms with Crippen molar-refractivity contribution in [1.29, 1.82) is 0 Å². The number of hydrogen-bond acceptors (Lipinski definition) is 3. The molecule has 2 rings (SSSR count). The van der Waals surface area contributed by atoms with Crippen molar-refractivity contribution in [2.24, 2.45) is 0 Å². The van der Waals surface area contributed by atoms with Gasteiger partial charge in [-0.3, -0.25) is 4.79 Å². The van der Waals surface area contributed by atoms with Crippen LogP contribution in [-0.2, 0) is 12.8 Å². The highest BCUT2D eigenvalue weighted by Crippen LogP contribution is 2.08. The van der Waals surface area contributed by atoms with Crippen molar-refractivity contribution < 1.29 is 4.79 Å². The molecule has 0 aliphatic heterocycles. The van der Waals surface area contributed by atoms with E-state index in [1.807, 2.05) is 30.3 Å². The van der Waals surface area contributed by atoms with E-state index in [1.54, 1.807) is 12.3 Å². The summed E-state index contributed by atoms with van der Waals surface area (Å²) in [7, 11) is 0. The van der Waals surface area contributed by atoms with E-state index < -0.39 is 0 Å². The molecule has 0 radical (unpaired) electrons. The summed E-state index contributed by atoms with van der Waals surface area (Å²) >= 11 is 0. The maximum atomic E-state index is 11.9. The predicted octanol–water partition coefficient (Wildman–Crippen LogP) is 2.46. The second-order valence-electron chi connectivity index (χ2n) is 3.87. The molecule has 0 atom stereocenters. The Kier molecular flexibility index (Phi) is 3.60. The lowest BCUT2D eigenvalue weighted by Crippen LogP contribution is -2.05. The van der Waals surface area contributed by atoms with Gasteiger partial charge in [0.2, 0.25) is 0 Å². The lowest BCUT2D eigenvalue weighted by molar-refractivity contribution is 0.0991. The number of hydrogen-bond donors (Lipinski definition) is 0. The number of aryl methyl sites for hydroxylation is 1. The minimum absolute atomic E-state index is 0.0770. The van der Waals surface area contributed by atoms with Crippen LogP contribution in [0.15, 0.2) is 42.6 Å². The SMILES string of the molecule is CCc1ccc(C(=O)Cc2cccnn2)cc1. The first kappa shape index (κ1) is 11.5. The van der Waals surface area contributed by atoms with Crippen molar-refractivity contribution in [2.45, 2.75) is 19.8 Å². The number of nitrogens with zero attached hydrogens (tertiary/aromatic N) is 2. The molecular weight excluding hydrogens is 212 g/mol. The summed E-state index contributed by atoms with van der Waals surface area (Å²) in [5.74, 6) is 0.0770. The highest BCUT2D eigenvalue weighted by atomic mass is 16.1. The van der Waals surface area contributed by atoms with Crippen LogP contribution in [0, 0.1) is 0 Å². The molecule has 0 spiro atoms. The van der Waals surface area contributed by atoms with Crippen molar-refractivity contribution in [1.82, 2.24) is 10.2 Å². The molecule has 0 saturated carbocycles. The molecule has 3 nitrogen and oxygen atoms in total. The van der Waals surface area contributed by atoms with Gasteiger partial charge >= 0.3 is 0 Å². The summed E-state index contributed by atoms with van der Waals surface area (Å²) in [6, 6.07) is 11.3. The smallest absolute Gasteiger partial charge is 0.168 e. The molecule has 3 heteroatoms. The maximum Gasteiger partial charge on any atom is 0.168 e. The molecule has 0 bridgehead atoms. The first-order chi connectivity index (χ1) is 8.29. The van der Waals surface area contributed by atoms with Gasteiger partial charge in [-0.2, -0.15) is 10.2 Å². The van der Waals surface area contributed by atoms with E-state index in [-0.39, 0.29) is 5.78 Å². The Bertz CT molecular complexity index is 491. The monoisotopic (exact) mass is 226 g/mol. The topological polar surface area (TPSA) is 42.9 Å². The van der Waals surface area contributed by atoms with E-state index in [1.165, 1.54) is 5.56 Å². The largest absolute Gasteiger partial charge is 0.294 e. The summed E-state index contributed by atoms with van der Waals surface area (Å²) in [5, 5.41) is 7.66. The second-order valence-corrected chi connectivity index (χ2v) is 3.87. The number of carbonyl (C=O) groups excluding carboxylic acids is 1. The number of benzene rings is 1. The normalized spacial score (nSPS) is 10.2. The highest BCUT2D eigenvalue weighted by molar-refractivity contribution is 5.97. The lowest BCUT2D eigenvalue weighted by Gasteiger charge is -2.01. The second kappa shape index (κ2) is 5.34. The molecule has 0 saturated heterocycles. The molecule has 0 aliphatic carbocycles. The Morgan fingerprint density at radius 1 is 1.18 bits per heavy atom. The van der Waals surface area contributed by atoms with Gasteiger partial charge < -0.3 is 0 Å². The average molecular weight is 226 g/mol. The summed E-state index contributed by atoms with van der Waals surface area (Å²) in [6.07, 6.45) is 2.89. The van der Waals surface area contributed by atoms with Crippen molar-refractivity contribution in [3.05, 3.63) is 59.4 Å². The van der Waals surface area contributed by atoms with E-state index in [0.717, 1.165) is 12.0 Å². The van der Waals surface area contributed by atoms with Crippen LogP contribution in [0.1, 0.15) is 28.5 Å². The zero-order chi connectivity index (χ0) is 12.1. The van der Waals surface area contributed by atoms with Crippen LogP contribution in [-0.4, -0.2) is 16.0 Å². The van der Waals surface area contributed by atoms with Crippen molar-refractivity contribution in [3.63, 3.8) is 0 Å². The van der Waals surface area contributed by atoms with Crippen LogP contribution in [0.2, 0.25) is 0 Å². The van der Waals surface area contributed by atoms with Crippen molar-refractivity contribution in [3.8, 4) is 0 Å². The third kappa shape index (κ3) is 2.97. The minimum Gasteiger partial charge on any atom is -0.294 e. The molecule has 2 aromatic rings. The van der Waals surface area contributed by atoms with E-state index in [2.05, 4.69) is 17.1 Å². The van der Waals surface area contributed by atoms with Crippen molar-refractivity contribution >= 4 is 5.78 Å². The Morgan fingerprint density at radius 2 is 1.94 bits per heavy atom. The molecule has 17 heavy (non-hydrogen) atoms. The number of rotatable bonds is 4. The fraction of sp³-hybridized carbons (Fsp3) is 0.214. The van der Waals surface area contributed by atoms with E-state index in [4.69, 9.17) is 0 Å². The van der Waals surface area contributed by atoms with Crippen LogP contribution in [0.25, 0.3) is 0 Å². The lowest BCUT2D eigenvalue weighted by atomic mass is 10.0. The summed E-state index contributed by atoms with van der Waals surface area (Å²) < 4.78 is 0. The van der Waals surface area contributed by atoms with E-state index in [9.17, 15) is 4.79 Å². The number of aromatic nitrogens is 2. The molecule has 1 aromatic heterocycles. The number of Topliss-reactive ketones (excluding diaryl/α,β-unsaturated/α-hetero) is 1. The highest BCUT2D eigenvalue weighted by Gasteiger charge is 2.07. The Balaban J connectivity index is 2.09. The van der Waals surface area contributed by atoms with Gasteiger partial charge in [0, 0.05) is 11.8 Å². The van der Waals surface area contributed by atoms with E-state index >= 15 is 0 Å². The molecule has 0 N–H and O–H groups in total. The first-order valence-corrected chi connectivity index (χ1v) is 5.68. The maximum absolute atomic E-state index is 11.9. The van der Waals surface area contributed by atoms with Crippen LogP contribution in [0.3, 0.4) is 0 Å². The fourth-order valence-electron chi connectivity index (χ4n) is 1.62. The zero-order valence-electron chi connectivity index (χ0n) is 9.76. The summed E-state index contributed by atoms with van der Waals surface area (Å²) in [5.41, 5.74) is 2.67. The Morgan fingerprint density at radius 3 is 2.53 bits per heavy atom. The number of ketones is 1. The van der Waals surface area contributed by atoms with Gasteiger partial charge in [-0.1, -0.05) is 31.2 Å². The molecule has 0 unspecified atom stereocenters. The summed E-state index contributed by atoms with van der Waals surface area (Å²) in [4.78, 5) is 11.9. The van der Waals surface area contributed by atoms with E-state index in [0.29, 0.717) is 12.1 Å². The molecular formula is C14H14N2O. The van der Waals surface area contributed by atoms with Gasteiger partial charge in [0.25, 0.3) is 0 Å². The molecule has 1 heterocycles. The Hall–Kier alpha value is -2.03. The third-order valence-corrected chi connectivity index (χ3v) is 2.65. The van der Waals surface area contributed by atoms with Gasteiger partial charge in [0.15, 0.2) is 5.78 Å². The first-order valence-electron chi connectivity index (χ1n) is 5.68. The molecule has 0 aliphatic rings. The molecule has 1 aromatic carbocycles. The summed E-state index contributed by atoms with van der Waals surface area (Å²) in [6.45, 7) is 2.09. The van der Waals surface area contributed by atoms with Gasteiger partial charge in [0.1, 0.15) is 0 Å². The Labute approximate surface area is 101 Å². The fourth-order valence-corrected chi connectivity index (χ4v) is 1.62. The number of carbonyl (C=O) groups is 1. The zero-order valence-corrected chi connectivity index (χ0v) is 9.76. The predicted molar refractivity (Wildman–Crippen MR) is 65.9 cm³/mol. The minimum atomic E-state index is 0.0770. The molecule has 0 fully saturated rings. The van der Waals surface area contributed by atoms with Gasteiger partial charge in [-0.05, 0) is 24.1 Å². The van der Waals surface area contributed by atoms with Crippen molar-refractivity contribution in [2.75, 3.05) is 0 Å². The van der Waals surface area contributed by atoms with Crippen LogP contribution in [0.5, 0.6) is 0 Å². The van der Waals surface area contributed by atoms with Crippen LogP contribution < -0.4 is 0 Å². The van der Waals surface area contributed by atoms with Gasteiger partial charge in [0.05, 0.1) is 12.1 Å². The van der Waals surface area contributed by atoms with Crippen LogP contribution >= 0.6 is 0 Å². The van der Waals surface area contributed by atoms with Gasteiger partial charge in [-0.25, -0.2) is 0 Å². The molecule has 86 valence electrons. The van der Waals surface area contributed by atoms with Crippen LogP contribution in [0.4, 0.5) is 0 Å².